The van der Waals surface area contributed by atoms with Crippen molar-refractivity contribution in [3.05, 3.63) is 59.9 Å². The maximum absolute atomic E-state index is 4.46. The van der Waals surface area contributed by atoms with E-state index in [1.807, 2.05) is 7.05 Å². The van der Waals surface area contributed by atoms with E-state index in [1.165, 1.54) is 24.1 Å². The summed E-state index contributed by atoms with van der Waals surface area (Å²) in [7, 11) is 6.04. The molecule has 4 nitrogen and oxygen atoms in total. The predicted molar refractivity (Wildman–Crippen MR) is 100 cm³/mol. The first-order chi connectivity index (χ1) is 11.6. The van der Waals surface area contributed by atoms with Gasteiger partial charge < -0.3 is 14.8 Å². The van der Waals surface area contributed by atoms with E-state index >= 15 is 0 Å². The van der Waals surface area contributed by atoms with Gasteiger partial charge in [0.1, 0.15) is 0 Å². The number of nitrogens with one attached hydrogen (secondary N) is 1. The zero-order valence-electron chi connectivity index (χ0n) is 15.0. The van der Waals surface area contributed by atoms with Crippen molar-refractivity contribution in [2.45, 2.75) is 25.8 Å². The summed E-state index contributed by atoms with van der Waals surface area (Å²) in [5.41, 5.74) is 3.12. The standard InChI is InChI=1S/C20H28N4/c1-21-19(24(3)15-18-10-7-13-23(18)2)22-16-20(11-12-20)14-17-8-5-4-6-9-17/h4-10,13H,11-12,14-16H2,1-3H3,(H,21,22). The van der Waals surface area contributed by atoms with E-state index in [9.17, 15) is 0 Å². The fraction of sp³-hybridized carbons (Fsp3) is 0.450. The second-order valence-corrected chi connectivity index (χ2v) is 7.03. The van der Waals surface area contributed by atoms with Crippen LogP contribution in [0.4, 0.5) is 0 Å². The minimum Gasteiger partial charge on any atom is -0.356 e. The van der Waals surface area contributed by atoms with Crippen molar-refractivity contribution in [2.24, 2.45) is 17.5 Å². The maximum atomic E-state index is 4.46. The van der Waals surface area contributed by atoms with Gasteiger partial charge >= 0.3 is 0 Å². The molecule has 1 heterocycles. The topological polar surface area (TPSA) is 32.6 Å². The molecule has 0 unspecified atom stereocenters. The lowest BCUT2D eigenvalue weighted by molar-refractivity contribution is 0.435. The first-order valence-electron chi connectivity index (χ1n) is 8.68. The van der Waals surface area contributed by atoms with Crippen LogP contribution in [0, 0.1) is 5.41 Å². The summed E-state index contributed by atoms with van der Waals surface area (Å²) >= 11 is 0. The molecule has 0 aliphatic heterocycles. The Morgan fingerprint density at radius 1 is 1.21 bits per heavy atom. The second-order valence-electron chi connectivity index (χ2n) is 7.03. The predicted octanol–water partition coefficient (Wildman–Crippen LogP) is 3.06. The molecule has 24 heavy (non-hydrogen) atoms. The lowest BCUT2D eigenvalue weighted by Gasteiger charge is -2.25. The molecule has 0 radical (unpaired) electrons. The van der Waals surface area contributed by atoms with E-state index in [0.717, 1.165) is 25.5 Å². The van der Waals surface area contributed by atoms with Gasteiger partial charge in [0.25, 0.3) is 0 Å². The van der Waals surface area contributed by atoms with Crippen LogP contribution in [0.5, 0.6) is 0 Å². The van der Waals surface area contributed by atoms with Crippen LogP contribution in [0.1, 0.15) is 24.1 Å². The summed E-state index contributed by atoms with van der Waals surface area (Å²) < 4.78 is 2.15. The van der Waals surface area contributed by atoms with Crippen LogP contribution in [-0.2, 0) is 20.0 Å². The smallest absolute Gasteiger partial charge is 0.193 e. The number of hydrogen-bond acceptors (Lipinski definition) is 1. The summed E-state index contributed by atoms with van der Waals surface area (Å²) in [4.78, 5) is 6.65. The van der Waals surface area contributed by atoms with Crippen LogP contribution >= 0.6 is 0 Å². The molecule has 0 amide bonds. The number of rotatable bonds is 6. The number of guanidine groups is 1. The van der Waals surface area contributed by atoms with Gasteiger partial charge in [0.2, 0.25) is 0 Å². The van der Waals surface area contributed by atoms with E-state index in [0.29, 0.717) is 5.41 Å². The molecule has 0 bridgehead atoms. The number of aryl methyl sites for hydroxylation is 1. The Morgan fingerprint density at radius 3 is 2.54 bits per heavy atom. The highest BCUT2D eigenvalue weighted by Crippen LogP contribution is 2.47. The molecule has 1 aliphatic rings. The average molecular weight is 324 g/mol. The molecule has 1 N–H and O–H groups in total. The van der Waals surface area contributed by atoms with Crippen molar-refractivity contribution in [2.75, 3.05) is 20.6 Å². The van der Waals surface area contributed by atoms with Crippen molar-refractivity contribution in [3.63, 3.8) is 0 Å². The van der Waals surface area contributed by atoms with Crippen LogP contribution < -0.4 is 5.32 Å². The van der Waals surface area contributed by atoms with E-state index in [-0.39, 0.29) is 0 Å². The summed E-state index contributed by atoms with van der Waals surface area (Å²) in [5.74, 6) is 0.968. The normalized spacial score (nSPS) is 16.0. The number of hydrogen-bond donors (Lipinski definition) is 1. The molecule has 0 saturated heterocycles. The molecule has 0 atom stereocenters. The molecule has 3 rings (SSSR count). The molecular formula is C20H28N4. The Labute approximate surface area is 145 Å². The molecule has 1 aromatic heterocycles. The Balaban J connectivity index is 1.55. The summed E-state index contributed by atoms with van der Waals surface area (Å²) in [6.07, 6.45) is 5.83. The van der Waals surface area contributed by atoms with Crippen molar-refractivity contribution >= 4 is 5.96 Å². The Kier molecular flexibility index (Phi) is 4.93. The minimum atomic E-state index is 0.406. The lowest BCUT2D eigenvalue weighted by Crippen LogP contribution is -2.41. The lowest BCUT2D eigenvalue weighted by atomic mass is 9.96. The van der Waals surface area contributed by atoms with Crippen LogP contribution in [-0.4, -0.2) is 36.1 Å². The van der Waals surface area contributed by atoms with E-state index in [2.05, 4.69) is 82.5 Å². The summed E-state index contributed by atoms with van der Waals surface area (Å²) in [5, 5.41) is 3.59. The molecular weight excluding hydrogens is 296 g/mol. The van der Waals surface area contributed by atoms with Gasteiger partial charge in [0, 0.05) is 39.6 Å². The van der Waals surface area contributed by atoms with Gasteiger partial charge in [0.05, 0.1) is 6.54 Å². The number of benzene rings is 1. The Morgan fingerprint density at radius 2 is 1.96 bits per heavy atom. The molecule has 1 aromatic carbocycles. The van der Waals surface area contributed by atoms with E-state index < -0.39 is 0 Å². The highest BCUT2D eigenvalue weighted by Gasteiger charge is 2.42. The van der Waals surface area contributed by atoms with Gasteiger partial charge in [-0.15, -0.1) is 0 Å². The summed E-state index contributed by atoms with van der Waals surface area (Å²) in [6.45, 7) is 1.85. The second kappa shape index (κ2) is 7.12. The number of nitrogens with zero attached hydrogens (tertiary/aromatic N) is 3. The van der Waals surface area contributed by atoms with Gasteiger partial charge in [0.15, 0.2) is 5.96 Å². The monoisotopic (exact) mass is 324 g/mol. The molecule has 2 aromatic rings. The van der Waals surface area contributed by atoms with Crippen LogP contribution in [0.2, 0.25) is 0 Å². The van der Waals surface area contributed by atoms with Crippen molar-refractivity contribution < 1.29 is 0 Å². The molecule has 0 spiro atoms. The summed E-state index contributed by atoms with van der Waals surface area (Å²) in [6, 6.07) is 15.0. The van der Waals surface area contributed by atoms with Crippen molar-refractivity contribution in [1.82, 2.24) is 14.8 Å². The van der Waals surface area contributed by atoms with Gasteiger partial charge in [-0.05, 0) is 42.4 Å². The molecule has 4 heteroatoms. The Hall–Kier alpha value is -2.23. The Bertz CT molecular complexity index is 683. The minimum absolute atomic E-state index is 0.406. The highest BCUT2D eigenvalue weighted by molar-refractivity contribution is 5.79. The third-order valence-electron chi connectivity index (χ3n) is 5.02. The fourth-order valence-electron chi connectivity index (χ4n) is 3.25. The van der Waals surface area contributed by atoms with Crippen LogP contribution in [0.25, 0.3) is 0 Å². The number of aromatic nitrogens is 1. The SMILES string of the molecule is CN=C(NCC1(Cc2ccccc2)CC1)N(C)Cc1cccn1C. The molecule has 1 fully saturated rings. The maximum Gasteiger partial charge on any atom is 0.193 e. The fourth-order valence-corrected chi connectivity index (χ4v) is 3.25. The van der Waals surface area contributed by atoms with Crippen molar-refractivity contribution in [3.8, 4) is 0 Å². The highest BCUT2D eigenvalue weighted by atomic mass is 15.3. The van der Waals surface area contributed by atoms with E-state index in [1.54, 1.807) is 0 Å². The quantitative estimate of drug-likeness (QED) is 0.654. The van der Waals surface area contributed by atoms with Gasteiger partial charge in [-0.2, -0.15) is 0 Å². The molecule has 1 saturated carbocycles. The zero-order valence-corrected chi connectivity index (χ0v) is 15.0. The zero-order chi connectivity index (χ0) is 17.0. The first kappa shape index (κ1) is 16.6. The number of aliphatic imine (C=N–C) groups is 1. The molecule has 1 aliphatic carbocycles. The van der Waals surface area contributed by atoms with Gasteiger partial charge in [-0.25, -0.2) is 0 Å². The van der Waals surface area contributed by atoms with Gasteiger partial charge in [-0.1, -0.05) is 30.3 Å². The average Bonchev–Trinajstić information content (AvgIpc) is 3.23. The van der Waals surface area contributed by atoms with E-state index in [4.69, 9.17) is 0 Å². The van der Waals surface area contributed by atoms with Gasteiger partial charge in [-0.3, -0.25) is 4.99 Å². The van der Waals surface area contributed by atoms with Crippen molar-refractivity contribution in [1.29, 1.82) is 0 Å². The largest absolute Gasteiger partial charge is 0.356 e. The third-order valence-corrected chi connectivity index (χ3v) is 5.02. The first-order valence-corrected chi connectivity index (χ1v) is 8.68. The van der Waals surface area contributed by atoms with Crippen LogP contribution in [0.3, 0.4) is 0 Å². The molecule has 128 valence electrons. The van der Waals surface area contributed by atoms with Crippen LogP contribution in [0.15, 0.2) is 53.7 Å². The third kappa shape index (κ3) is 3.99.